The number of rotatable bonds is 2. The Morgan fingerprint density at radius 3 is 2.89 bits per heavy atom. The smallest absolute Gasteiger partial charge is 0.339 e. The largest absolute Gasteiger partial charge is 0.478 e. The summed E-state index contributed by atoms with van der Waals surface area (Å²) in [5.74, 6) is -0.949. The highest BCUT2D eigenvalue weighted by molar-refractivity contribution is 7.22. The molecule has 0 aliphatic rings. The first kappa shape index (κ1) is 11.0. The van der Waals surface area contributed by atoms with Gasteiger partial charge in [-0.2, -0.15) is 5.10 Å². The number of hydrogen-bond donors (Lipinski definition) is 1. The molecule has 1 aromatic carbocycles. The van der Waals surface area contributed by atoms with E-state index in [2.05, 4.69) is 5.10 Å². The van der Waals surface area contributed by atoms with Crippen LogP contribution in [-0.4, -0.2) is 20.9 Å². The summed E-state index contributed by atoms with van der Waals surface area (Å²) in [4.78, 5) is 12.1. The van der Waals surface area contributed by atoms with Crippen LogP contribution in [0.4, 0.5) is 0 Å². The minimum absolute atomic E-state index is 0.240. The Bertz CT molecular complexity index is 709. The number of benzene rings is 1. The number of aromatic nitrogens is 2. The van der Waals surface area contributed by atoms with E-state index in [1.165, 1.54) is 10.9 Å². The molecule has 3 aromatic rings. The fraction of sp³-hybridized carbons (Fsp3) is 0.0769. The van der Waals surface area contributed by atoms with Crippen molar-refractivity contribution in [2.45, 2.75) is 0 Å². The van der Waals surface area contributed by atoms with Crippen LogP contribution < -0.4 is 0 Å². The highest BCUT2D eigenvalue weighted by atomic mass is 32.1. The first-order chi connectivity index (χ1) is 8.65. The third-order valence-corrected chi connectivity index (χ3v) is 3.84. The van der Waals surface area contributed by atoms with Crippen LogP contribution in [0.25, 0.3) is 20.7 Å². The van der Waals surface area contributed by atoms with Gasteiger partial charge in [-0.1, -0.05) is 18.2 Å². The molecule has 5 heteroatoms. The van der Waals surface area contributed by atoms with Crippen molar-refractivity contribution in [1.82, 2.24) is 9.78 Å². The fourth-order valence-electron chi connectivity index (χ4n) is 1.93. The summed E-state index contributed by atoms with van der Waals surface area (Å²) in [5, 5.41) is 14.5. The summed E-state index contributed by atoms with van der Waals surface area (Å²) in [6.07, 6.45) is 1.53. The fourth-order valence-corrected chi connectivity index (χ4v) is 2.99. The molecular weight excluding hydrogens is 248 g/mol. The summed E-state index contributed by atoms with van der Waals surface area (Å²) < 4.78 is 2.66. The molecule has 18 heavy (non-hydrogen) atoms. The third kappa shape index (κ3) is 1.69. The standard InChI is InChI=1S/C13H10N2O2S/c1-15-7-9(13(16)17)12(14-15)11-6-8-4-2-3-5-10(8)18-11/h2-7H,1H3,(H,16,17). The Balaban J connectivity index is 2.22. The number of thiophene rings is 1. The maximum Gasteiger partial charge on any atom is 0.339 e. The first-order valence-corrected chi connectivity index (χ1v) is 6.22. The Morgan fingerprint density at radius 1 is 1.39 bits per heavy atom. The van der Waals surface area contributed by atoms with E-state index in [1.54, 1.807) is 18.4 Å². The Labute approximate surface area is 107 Å². The van der Waals surface area contributed by atoms with Gasteiger partial charge in [-0.3, -0.25) is 4.68 Å². The second-order valence-corrected chi connectivity index (χ2v) is 5.10. The van der Waals surface area contributed by atoms with E-state index in [0.29, 0.717) is 5.69 Å². The van der Waals surface area contributed by atoms with Crippen LogP contribution >= 0.6 is 11.3 Å². The van der Waals surface area contributed by atoms with Crippen molar-refractivity contribution in [3.05, 3.63) is 42.1 Å². The summed E-state index contributed by atoms with van der Waals surface area (Å²) in [7, 11) is 1.73. The molecule has 0 aliphatic carbocycles. The molecular formula is C13H10N2O2S. The molecule has 0 radical (unpaired) electrons. The van der Waals surface area contributed by atoms with Crippen molar-refractivity contribution in [1.29, 1.82) is 0 Å². The van der Waals surface area contributed by atoms with Gasteiger partial charge in [-0.05, 0) is 17.5 Å². The van der Waals surface area contributed by atoms with E-state index in [4.69, 9.17) is 5.11 Å². The minimum atomic E-state index is -0.949. The van der Waals surface area contributed by atoms with Crippen molar-refractivity contribution in [3.8, 4) is 10.6 Å². The number of carbonyl (C=O) groups is 1. The summed E-state index contributed by atoms with van der Waals surface area (Å²) >= 11 is 1.56. The van der Waals surface area contributed by atoms with Crippen LogP contribution in [0.5, 0.6) is 0 Å². The topological polar surface area (TPSA) is 55.1 Å². The molecule has 0 aliphatic heterocycles. The highest BCUT2D eigenvalue weighted by Crippen LogP contribution is 2.34. The second-order valence-electron chi connectivity index (χ2n) is 4.02. The molecule has 0 saturated heterocycles. The average molecular weight is 258 g/mol. The zero-order chi connectivity index (χ0) is 12.7. The lowest BCUT2D eigenvalue weighted by atomic mass is 10.2. The quantitative estimate of drug-likeness (QED) is 0.768. The number of carboxylic acids is 1. The van der Waals surface area contributed by atoms with Gasteiger partial charge in [-0.25, -0.2) is 4.79 Å². The second kappa shape index (κ2) is 3.96. The van der Waals surface area contributed by atoms with Crippen LogP contribution in [0.15, 0.2) is 36.5 Å². The number of carboxylic acid groups (broad SMARTS) is 1. The van der Waals surface area contributed by atoms with Gasteiger partial charge in [0.2, 0.25) is 0 Å². The van der Waals surface area contributed by atoms with Gasteiger partial charge in [0.25, 0.3) is 0 Å². The number of aromatic carboxylic acids is 1. The number of aryl methyl sites for hydroxylation is 1. The Hall–Kier alpha value is -2.14. The molecule has 4 nitrogen and oxygen atoms in total. The van der Waals surface area contributed by atoms with Gasteiger partial charge in [0.1, 0.15) is 11.3 Å². The Kier molecular flexibility index (Phi) is 2.41. The van der Waals surface area contributed by atoms with Crippen LogP contribution in [0.1, 0.15) is 10.4 Å². The zero-order valence-electron chi connectivity index (χ0n) is 9.62. The maximum atomic E-state index is 11.2. The van der Waals surface area contributed by atoms with Crippen LogP contribution in [0.2, 0.25) is 0 Å². The van der Waals surface area contributed by atoms with Crippen molar-refractivity contribution in [2.24, 2.45) is 7.05 Å². The molecule has 0 unspecified atom stereocenters. The van der Waals surface area contributed by atoms with E-state index in [9.17, 15) is 4.79 Å². The van der Waals surface area contributed by atoms with Crippen molar-refractivity contribution in [3.63, 3.8) is 0 Å². The SMILES string of the molecule is Cn1cc(C(=O)O)c(-c2cc3ccccc3s2)n1. The predicted molar refractivity (Wildman–Crippen MR) is 71.0 cm³/mol. The monoisotopic (exact) mass is 258 g/mol. The number of hydrogen-bond acceptors (Lipinski definition) is 3. The lowest BCUT2D eigenvalue weighted by Crippen LogP contribution is -1.95. The van der Waals surface area contributed by atoms with E-state index in [0.717, 1.165) is 15.0 Å². The molecule has 0 atom stereocenters. The zero-order valence-corrected chi connectivity index (χ0v) is 10.4. The lowest BCUT2D eigenvalue weighted by Gasteiger charge is -1.92. The van der Waals surface area contributed by atoms with Crippen molar-refractivity contribution < 1.29 is 9.90 Å². The molecule has 2 heterocycles. The summed E-state index contributed by atoms with van der Waals surface area (Å²) in [6.45, 7) is 0. The van der Waals surface area contributed by atoms with E-state index < -0.39 is 5.97 Å². The average Bonchev–Trinajstić information content (AvgIpc) is 2.91. The van der Waals surface area contributed by atoms with Gasteiger partial charge >= 0.3 is 5.97 Å². The molecule has 3 rings (SSSR count). The van der Waals surface area contributed by atoms with Crippen LogP contribution in [-0.2, 0) is 7.05 Å². The van der Waals surface area contributed by atoms with Crippen molar-refractivity contribution >= 4 is 27.4 Å². The molecule has 2 aromatic heterocycles. The molecule has 0 saturated carbocycles. The molecule has 0 amide bonds. The number of fused-ring (bicyclic) bond motifs is 1. The molecule has 1 N–H and O–H groups in total. The first-order valence-electron chi connectivity index (χ1n) is 5.41. The summed E-state index contributed by atoms with van der Waals surface area (Å²) in [6, 6.07) is 9.95. The van der Waals surface area contributed by atoms with E-state index >= 15 is 0 Å². The van der Waals surface area contributed by atoms with Gasteiger partial charge in [0, 0.05) is 17.9 Å². The molecule has 0 spiro atoms. The predicted octanol–water partition coefficient (Wildman–Crippen LogP) is 3.00. The van der Waals surface area contributed by atoms with Gasteiger partial charge in [0.15, 0.2) is 0 Å². The highest BCUT2D eigenvalue weighted by Gasteiger charge is 2.17. The van der Waals surface area contributed by atoms with E-state index in [-0.39, 0.29) is 5.56 Å². The van der Waals surface area contributed by atoms with Gasteiger partial charge in [-0.15, -0.1) is 11.3 Å². The molecule has 0 fully saturated rings. The van der Waals surface area contributed by atoms with Crippen LogP contribution in [0.3, 0.4) is 0 Å². The third-order valence-electron chi connectivity index (χ3n) is 2.72. The Morgan fingerprint density at radius 2 is 2.17 bits per heavy atom. The van der Waals surface area contributed by atoms with E-state index in [1.807, 2.05) is 30.3 Å². The van der Waals surface area contributed by atoms with Crippen LogP contribution in [0, 0.1) is 0 Å². The normalized spacial score (nSPS) is 10.9. The van der Waals surface area contributed by atoms with Gasteiger partial charge < -0.3 is 5.11 Å². The molecule has 0 bridgehead atoms. The van der Waals surface area contributed by atoms with Crippen molar-refractivity contribution in [2.75, 3.05) is 0 Å². The lowest BCUT2D eigenvalue weighted by molar-refractivity contribution is 0.0697. The number of nitrogens with zero attached hydrogens (tertiary/aromatic N) is 2. The molecule has 90 valence electrons. The minimum Gasteiger partial charge on any atom is -0.478 e. The summed E-state index contributed by atoms with van der Waals surface area (Å²) in [5.41, 5.74) is 0.773. The maximum absolute atomic E-state index is 11.2. The van der Waals surface area contributed by atoms with Gasteiger partial charge in [0.05, 0.1) is 4.88 Å².